The number of nitrogens with zero attached hydrogens (tertiary/aromatic N) is 4. The normalized spacial score (nSPS) is 24.3. The molecule has 1 amide bonds. The van der Waals surface area contributed by atoms with Crippen LogP contribution >= 0.6 is 0 Å². The monoisotopic (exact) mass is 342 g/mol. The Kier molecular flexibility index (Phi) is 4.05. The Bertz CT molecular complexity index is 878. The molecular weight excluding hydrogens is 320 g/mol. The zero-order valence-corrected chi connectivity index (χ0v) is 14.5. The molecule has 0 N–H and O–H groups in total. The molecule has 2 atom stereocenters. The van der Waals surface area contributed by atoms with Gasteiger partial charge in [-0.05, 0) is 13.1 Å². The smallest absolute Gasteiger partial charge is 0.275 e. The minimum atomic E-state index is -0.190. The first-order valence-electron chi connectivity index (χ1n) is 8.58. The minimum absolute atomic E-state index is 0.00259. The Morgan fingerprint density at radius 3 is 2.68 bits per heavy atom. The topological polar surface area (TPSA) is 67.7 Å². The number of carbonyl (C=O) groups excluding carboxylic acids is 1. The summed E-state index contributed by atoms with van der Waals surface area (Å²) in [5.74, 6) is 0.169. The molecule has 132 valence electrons. The summed E-state index contributed by atoms with van der Waals surface area (Å²) in [5, 5.41) is 5.44. The van der Waals surface area contributed by atoms with Crippen LogP contribution in [-0.4, -0.2) is 71.4 Å². The van der Waals surface area contributed by atoms with Crippen molar-refractivity contribution in [3.63, 3.8) is 0 Å². The summed E-state index contributed by atoms with van der Waals surface area (Å²) < 4.78 is 7.01. The first kappa shape index (κ1) is 16.2. The third-order valence-electron chi connectivity index (χ3n) is 5.07. The van der Waals surface area contributed by atoms with Gasteiger partial charge < -0.3 is 14.5 Å². The number of benzene rings is 1. The maximum absolute atomic E-state index is 13.4. The van der Waals surface area contributed by atoms with Crippen molar-refractivity contribution in [3.8, 4) is 0 Å². The fourth-order valence-corrected chi connectivity index (χ4v) is 3.92. The van der Waals surface area contributed by atoms with E-state index in [2.05, 4.69) is 17.0 Å². The number of hydrogen-bond acceptors (Lipinski definition) is 5. The van der Waals surface area contributed by atoms with Crippen molar-refractivity contribution < 1.29 is 9.53 Å². The van der Waals surface area contributed by atoms with Gasteiger partial charge in [-0.25, -0.2) is 4.68 Å². The van der Waals surface area contributed by atoms with Gasteiger partial charge in [0.1, 0.15) is 0 Å². The summed E-state index contributed by atoms with van der Waals surface area (Å²) in [7, 11) is 3.67. The average Bonchev–Trinajstić information content (AvgIpc) is 2.88. The molecule has 7 heteroatoms. The fourth-order valence-electron chi connectivity index (χ4n) is 3.92. The van der Waals surface area contributed by atoms with Crippen LogP contribution in [0.2, 0.25) is 0 Å². The largest absolute Gasteiger partial charge is 0.379 e. The molecule has 4 rings (SSSR count). The van der Waals surface area contributed by atoms with Gasteiger partial charge in [0.05, 0.1) is 24.6 Å². The second-order valence-electron chi connectivity index (χ2n) is 7.06. The number of carbonyl (C=O) groups is 1. The van der Waals surface area contributed by atoms with Crippen molar-refractivity contribution in [2.75, 3.05) is 39.9 Å². The van der Waals surface area contributed by atoms with E-state index in [1.165, 1.54) is 4.68 Å². The van der Waals surface area contributed by atoms with Gasteiger partial charge >= 0.3 is 0 Å². The van der Waals surface area contributed by atoms with Crippen LogP contribution < -0.4 is 5.56 Å². The Hall–Kier alpha value is -2.25. The molecule has 2 aromatic rings. The van der Waals surface area contributed by atoms with E-state index in [0.29, 0.717) is 42.1 Å². The Balaban J connectivity index is 1.80. The summed E-state index contributed by atoms with van der Waals surface area (Å²) in [4.78, 5) is 29.8. The van der Waals surface area contributed by atoms with Gasteiger partial charge in [0.15, 0.2) is 5.69 Å². The van der Waals surface area contributed by atoms with Crippen LogP contribution in [0.3, 0.4) is 0 Å². The van der Waals surface area contributed by atoms with E-state index in [-0.39, 0.29) is 17.5 Å². The number of hydrogen-bond donors (Lipinski definition) is 0. The maximum atomic E-state index is 13.4. The molecule has 1 aromatic heterocycles. The molecule has 2 aliphatic rings. The van der Waals surface area contributed by atoms with Crippen LogP contribution in [0, 0.1) is 5.92 Å². The van der Waals surface area contributed by atoms with Crippen LogP contribution in [0.25, 0.3) is 10.8 Å². The third kappa shape index (κ3) is 2.83. The zero-order chi connectivity index (χ0) is 17.6. The Morgan fingerprint density at radius 1 is 1.12 bits per heavy atom. The number of fused-ring (bicyclic) bond motifs is 4. The van der Waals surface area contributed by atoms with Crippen molar-refractivity contribution in [2.24, 2.45) is 13.0 Å². The highest BCUT2D eigenvalue weighted by Crippen LogP contribution is 2.22. The summed E-state index contributed by atoms with van der Waals surface area (Å²) >= 11 is 0. The van der Waals surface area contributed by atoms with E-state index < -0.39 is 0 Å². The van der Waals surface area contributed by atoms with Crippen LogP contribution in [0.4, 0.5) is 0 Å². The van der Waals surface area contributed by atoms with E-state index >= 15 is 0 Å². The standard InChI is InChI=1S/C18H22N4O3/c1-20-7-12-8-22(13(9-20)11-25-10-12)18(24)16-14-5-3-4-6-15(14)17(23)21(2)19-16/h3-6,12-13H,7-11H2,1-2H3/t12-,13-/m0/s1. The van der Waals surface area contributed by atoms with Gasteiger partial charge in [-0.1, -0.05) is 18.2 Å². The van der Waals surface area contributed by atoms with Gasteiger partial charge in [-0.2, -0.15) is 5.10 Å². The molecule has 2 saturated heterocycles. The summed E-state index contributed by atoms with van der Waals surface area (Å²) in [6.07, 6.45) is 0. The van der Waals surface area contributed by atoms with Crippen molar-refractivity contribution in [2.45, 2.75) is 6.04 Å². The molecule has 3 heterocycles. The SMILES string of the molecule is CN1C[C@@H]2COC[C@H](C1)N(C(=O)c1nn(C)c(=O)c3ccccc13)C2. The third-order valence-corrected chi connectivity index (χ3v) is 5.07. The molecule has 2 fully saturated rings. The first-order chi connectivity index (χ1) is 12.0. The van der Waals surface area contributed by atoms with Gasteiger partial charge in [-0.3, -0.25) is 9.59 Å². The van der Waals surface area contributed by atoms with E-state index in [0.717, 1.165) is 13.1 Å². The second kappa shape index (κ2) is 6.24. The predicted molar refractivity (Wildman–Crippen MR) is 93.6 cm³/mol. The molecule has 0 radical (unpaired) electrons. The van der Waals surface area contributed by atoms with Crippen molar-refractivity contribution in [1.29, 1.82) is 0 Å². The van der Waals surface area contributed by atoms with E-state index in [1.807, 2.05) is 11.0 Å². The highest BCUT2D eigenvalue weighted by atomic mass is 16.5. The number of aryl methyl sites for hydroxylation is 1. The lowest BCUT2D eigenvalue weighted by Gasteiger charge is -2.29. The average molecular weight is 342 g/mol. The molecule has 25 heavy (non-hydrogen) atoms. The molecular formula is C18H22N4O3. The number of ether oxygens (including phenoxy) is 1. The van der Waals surface area contributed by atoms with Crippen LogP contribution in [0.15, 0.2) is 29.1 Å². The Labute approximate surface area is 145 Å². The molecule has 2 bridgehead atoms. The molecule has 7 nitrogen and oxygen atoms in total. The quantitative estimate of drug-likeness (QED) is 0.747. The zero-order valence-electron chi connectivity index (χ0n) is 14.5. The molecule has 0 spiro atoms. The van der Waals surface area contributed by atoms with Gasteiger partial charge in [0.2, 0.25) is 0 Å². The van der Waals surface area contributed by atoms with Crippen molar-refractivity contribution in [3.05, 3.63) is 40.3 Å². The van der Waals surface area contributed by atoms with E-state index in [9.17, 15) is 9.59 Å². The second-order valence-corrected chi connectivity index (χ2v) is 7.06. The minimum Gasteiger partial charge on any atom is -0.379 e. The lowest BCUT2D eigenvalue weighted by molar-refractivity contribution is 0.0480. The van der Waals surface area contributed by atoms with Gasteiger partial charge in [0, 0.05) is 38.0 Å². The lowest BCUT2D eigenvalue weighted by Crippen LogP contribution is -2.46. The van der Waals surface area contributed by atoms with E-state index in [1.54, 1.807) is 25.2 Å². The van der Waals surface area contributed by atoms with Gasteiger partial charge in [-0.15, -0.1) is 0 Å². The molecule has 0 unspecified atom stereocenters. The van der Waals surface area contributed by atoms with Crippen LogP contribution in [0.5, 0.6) is 0 Å². The lowest BCUT2D eigenvalue weighted by atomic mass is 10.1. The van der Waals surface area contributed by atoms with Crippen LogP contribution in [0.1, 0.15) is 10.5 Å². The summed E-state index contributed by atoms with van der Waals surface area (Å²) in [6.45, 7) is 3.57. The summed E-state index contributed by atoms with van der Waals surface area (Å²) in [6, 6.07) is 7.18. The maximum Gasteiger partial charge on any atom is 0.275 e. The fraction of sp³-hybridized carbons (Fsp3) is 0.500. The summed E-state index contributed by atoms with van der Waals surface area (Å²) in [5.41, 5.74) is 0.151. The number of rotatable bonds is 1. The molecule has 0 aliphatic carbocycles. The van der Waals surface area contributed by atoms with E-state index in [4.69, 9.17) is 4.74 Å². The highest BCUT2D eigenvalue weighted by Gasteiger charge is 2.36. The molecule has 0 saturated carbocycles. The predicted octanol–water partition coefficient (Wildman–Crippen LogP) is 0.336. The number of likely N-dealkylation sites (N-methyl/N-ethyl adjacent to an activating group) is 1. The highest BCUT2D eigenvalue weighted by molar-refractivity contribution is 6.04. The Morgan fingerprint density at radius 2 is 1.88 bits per heavy atom. The van der Waals surface area contributed by atoms with Gasteiger partial charge in [0.25, 0.3) is 11.5 Å². The molecule has 1 aromatic carbocycles. The molecule has 2 aliphatic heterocycles. The van der Waals surface area contributed by atoms with Crippen LogP contribution in [-0.2, 0) is 11.8 Å². The first-order valence-corrected chi connectivity index (χ1v) is 8.58. The van der Waals surface area contributed by atoms with Crippen molar-refractivity contribution >= 4 is 16.7 Å². The van der Waals surface area contributed by atoms with Crippen molar-refractivity contribution in [1.82, 2.24) is 19.6 Å². The number of amides is 1. The number of aromatic nitrogens is 2.